The van der Waals surface area contributed by atoms with E-state index in [1.807, 2.05) is 36.4 Å². The number of rotatable bonds is 3. The van der Waals surface area contributed by atoms with Crippen LogP contribution in [0.2, 0.25) is 0 Å². The topological polar surface area (TPSA) is 145 Å². The molecule has 0 aliphatic heterocycles. The van der Waals surface area contributed by atoms with Gasteiger partial charge in [0.2, 0.25) is 0 Å². The molecule has 6 heteroatoms. The first kappa shape index (κ1) is 26.0. The molecule has 0 unspecified atom stereocenters. The van der Waals surface area contributed by atoms with Gasteiger partial charge in [-0.25, -0.2) is 9.59 Å². The first-order valence-electron chi connectivity index (χ1n) is 4.86. The second-order valence-corrected chi connectivity index (χ2v) is 2.70. The summed E-state index contributed by atoms with van der Waals surface area (Å²) in [5.41, 5.74) is 1.17. The molecule has 0 radical (unpaired) electrons. The van der Waals surface area contributed by atoms with Gasteiger partial charge >= 0.3 is 11.9 Å². The molecule has 0 bridgehead atoms. The molecule has 0 saturated heterocycles. The van der Waals surface area contributed by atoms with Crippen molar-refractivity contribution >= 4 is 18.0 Å². The van der Waals surface area contributed by atoms with E-state index >= 15 is 0 Å². The lowest BCUT2D eigenvalue weighted by Crippen LogP contribution is -1.82. The molecule has 0 aromatic heterocycles. The average Bonchev–Trinajstić information content (AvgIpc) is 2.41. The normalized spacial score (nSPS) is 6.60. The monoisotopic (exact) mass is 282 g/mol. The maximum Gasteiger partial charge on any atom is 0.327 e. The summed E-state index contributed by atoms with van der Waals surface area (Å²) in [6.07, 6.45) is 3.50. The molecule has 0 aliphatic rings. The van der Waals surface area contributed by atoms with Crippen LogP contribution < -0.4 is 12.3 Å². The molecular weight excluding hydrogens is 260 g/mol. The predicted molar refractivity (Wildman–Crippen MR) is 82.2 cm³/mol. The molecule has 8 N–H and O–H groups in total. The number of hydrogen-bond acceptors (Lipinski definition) is 4. The molecule has 0 amide bonds. The van der Waals surface area contributed by atoms with E-state index < -0.39 is 11.9 Å². The van der Waals surface area contributed by atoms with E-state index in [0.29, 0.717) is 0 Å². The lowest BCUT2D eigenvalue weighted by molar-refractivity contribution is -0.132. The van der Waals surface area contributed by atoms with Crippen LogP contribution in [-0.4, -0.2) is 22.2 Å². The van der Waals surface area contributed by atoms with Gasteiger partial charge in [0.25, 0.3) is 0 Å². The zero-order chi connectivity index (χ0) is 14.4. The van der Waals surface area contributed by atoms with Gasteiger partial charge in [0.15, 0.2) is 0 Å². The van der Waals surface area contributed by atoms with Gasteiger partial charge in [0, 0.05) is 12.2 Å². The summed E-state index contributed by atoms with van der Waals surface area (Å²) in [4.78, 5) is 18.5. The molecule has 6 nitrogen and oxygen atoms in total. The van der Waals surface area contributed by atoms with Gasteiger partial charge in [-0.05, 0) is 5.56 Å². The van der Waals surface area contributed by atoms with Crippen molar-refractivity contribution in [2.45, 2.75) is 0 Å². The van der Waals surface area contributed by atoms with Crippen molar-refractivity contribution in [1.82, 2.24) is 12.3 Å². The summed E-state index contributed by atoms with van der Waals surface area (Å²) >= 11 is 0. The van der Waals surface area contributed by atoms with Crippen molar-refractivity contribution in [3.63, 3.8) is 0 Å². The number of carboxylic acids is 2. The van der Waals surface area contributed by atoms with E-state index in [1.54, 1.807) is 0 Å². The molecule has 1 aromatic carbocycles. The minimum absolute atomic E-state index is 0. The molecule has 0 spiro atoms. The molecule has 0 aliphatic carbocycles. The Labute approximate surface area is 118 Å². The zero-order valence-corrected chi connectivity index (χ0v) is 11.4. The second kappa shape index (κ2) is 18.7. The molecule has 1 rings (SSSR count). The van der Waals surface area contributed by atoms with E-state index in [9.17, 15) is 9.59 Å². The number of aliphatic carboxylic acids is 2. The zero-order valence-electron chi connectivity index (χ0n) is 11.4. The van der Waals surface area contributed by atoms with E-state index in [-0.39, 0.29) is 12.3 Å². The van der Waals surface area contributed by atoms with Crippen molar-refractivity contribution in [3.8, 4) is 0 Å². The van der Waals surface area contributed by atoms with Crippen molar-refractivity contribution in [3.05, 3.63) is 67.8 Å². The van der Waals surface area contributed by atoms with Crippen LogP contribution in [0.5, 0.6) is 0 Å². The second-order valence-electron chi connectivity index (χ2n) is 2.70. The van der Waals surface area contributed by atoms with E-state index in [4.69, 9.17) is 10.2 Å². The summed E-state index contributed by atoms with van der Waals surface area (Å²) in [6.45, 7) is 9.55. The minimum atomic E-state index is -0.981. The number of hydrogen-bond donors (Lipinski definition) is 4. The minimum Gasteiger partial charge on any atom is -0.478 e. The third-order valence-electron chi connectivity index (χ3n) is 1.38. The molecule has 112 valence electrons. The Balaban J connectivity index is -0.0000000960. The molecule has 0 saturated carbocycles. The highest BCUT2D eigenvalue weighted by molar-refractivity contribution is 5.79. The standard InChI is InChI=1S/C8H8.2C3H4O2.2H3N/c1-2-8-6-4-3-5-7-8;2*1-2-3(4)5;;/h2-7H,1H2;2*2H,1H2,(H,4,5);2*1H3. The summed E-state index contributed by atoms with van der Waals surface area (Å²) in [5.74, 6) is -1.96. The molecule has 0 atom stereocenters. The SMILES string of the molecule is C=CC(=O)O.C=CC(=O)O.C=Cc1ccccc1.N.N. The fraction of sp³-hybridized carbons (Fsp3) is 0. The van der Waals surface area contributed by atoms with Crippen LogP contribution in [0, 0.1) is 0 Å². The Morgan fingerprint density at radius 3 is 1.30 bits per heavy atom. The van der Waals surface area contributed by atoms with Gasteiger partial charge in [-0.2, -0.15) is 0 Å². The van der Waals surface area contributed by atoms with Gasteiger partial charge < -0.3 is 22.5 Å². The number of benzene rings is 1. The predicted octanol–water partition coefficient (Wildman–Crippen LogP) is 3.17. The Hall–Kier alpha value is -2.70. The lowest BCUT2D eigenvalue weighted by Gasteiger charge is -1.85. The summed E-state index contributed by atoms with van der Waals surface area (Å²) in [7, 11) is 0. The molecule has 1 aromatic rings. The number of carboxylic acid groups (broad SMARTS) is 2. The van der Waals surface area contributed by atoms with E-state index in [1.165, 1.54) is 5.56 Å². The van der Waals surface area contributed by atoms with Crippen LogP contribution in [0.1, 0.15) is 5.56 Å². The highest BCUT2D eigenvalue weighted by Crippen LogP contribution is 1.97. The van der Waals surface area contributed by atoms with Crippen LogP contribution in [-0.2, 0) is 9.59 Å². The first-order valence-corrected chi connectivity index (χ1v) is 4.86. The highest BCUT2D eigenvalue weighted by Gasteiger charge is 1.76. The fourth-order valence-corrected chi connectivity index (χ4v) is 0.589. The lowest BCUT2D eigenvalue weighted by atomic mass is 10.2. The maximum absolute atomic E-state index is 9.25. The quantitative estimate of drug-likeness (QED) is 0.626. The Morgan fingerprint density at radius 2 is 1.15 bits per heavy atom. The Morgan fingerprint density at radius 1 is 0.850 bits per heavy atom. The first-order chi connectivity index (χ1) is 8.47. The summed E-state index contributed by atoms with van der Waals surface area (Å²) in [5, 5.41) is 15.2. The van der Waals surface area contributed by atoms with Crippen LogP contribution in [0.15, 0.2) is 62.2 Å². The van der Waals surface area contributed by atoms with E-state index in [0.717, 1.165) is 12.2 Å². The smallest absolute Gasteiger partial charge is 0.327 e. The van der Waals surface area contributed by atoms with Gasteiger partial charge in [-0.3, -0.25) is 0 Å². The van der Waals surface area contributed by atoms with Gasteiger partial charge in [0.1, 0.15) is 0 Å². The number of carbonyl (C=O) groups is 2. The van der Waals surface area contributed by atoms with Crippen LogP contribution in [0.3, 0.4) is 0 Å². The van der Waals surface area contributed by atoms with Crippen LogP contribution >= 0.6 is 0 Å². The maximum atomic E-state index is 9.25. The summed E-state index contributed by atoms with van der Waals surface area (Å²) < 4.78 is 0. The average molecular weight is 282 g/mol. The van der Waals surface area contributed by atoms with Crippen molar-refractivity contribution < 1.29 is 19.8 Å². The van der Waals surface area contributed by atoms with Gasteiger partial charge in [-0.15, -0.1) is 0 Å². The molecule has 20 heavy (non-hydrogen) atoms. The van der Waals surface area contributed by atoms with Crippen molar-refractivity contribution in [2.75, 3.05) is 0 Å². The van der Waals surface area contributed by atoms with Gasteiger partial charge in [-0.1, -0.05) is 56.1 Å². The Kier molecular flexibility index (Phi) is 24.2. The van der Waals surface area contributed by atoms with E-state index in [2.05, 4.69) is 19.7 Å². The summed E-state index contributed by atoms with van der Waals surface area (Å²) in [6, 6.07) is 10.0. The van der Waals surface area contributed by atoms with Crippen LogP contribution in [0.4, 0.5) is 0 Å². The van der Waals surface area contributed by atoms with Crippen molar-refractivity contribution in [1.29, 1.82) is 0 Å². The third-order valence-corrected chi connectivity index (χ3v) is 1.38. The molecular formula is C14H22N2O4. The molecule has 0 heterocycles. The Bertz CT molecular complexity index is 385. The largest absolute Gasteiger partial charge is 0.478 e. The highest BCUT2D eigenvalue weighted by atomic mass is 16.4. The molecule has 0 fully saturated rings. The fourth-order valence-electron chi connectivity index (χ4n) is 0.589. The van der Waals surface area contributed by atoms with Crippen molar-refractivity contribution in [2.24, 2.45) is 0 Å². The third kappa shape index (κ3) is 24.5. The van der Waals surface area contributed by atoms with Gasteiger partial charge in [0.05, 0.1) is 0 Å². The van der Waals surface area contributed by atoms with Crippen LogP contribution in [0.25, 0.3) is 6.08 Å².